The first-order valence-corrected chi connectivity index (χ1v) is 10.5. The van der Waals surface area contributed by atoms with E-state index in [2.05, 4.69) is 17.0 Å². The van der Waals surface area contributed by atoms with Gasteiger partial charge in [0.15, 0.2) is 0 Å². The quantitative estimate of drug-likeness (QED) is 0.785. The van der Waals surface area contributed by atoms with E-state index in [1.165, 1.54) is 0 Å². The largest absolute Gasteiger partial charge is 0.371 e. The van der Waals surface area contributed by atoms with Gasteiger partial charge in [0.25, 0.3) is 5.91 Å². The number of hydrogen-bond donors (Lipinski definition) is 1. The highest BCUT2D eigenvalue weighted by Crippen LogP contribution is 2.36. The third-order valence-corrected chi connectivity index (χ3v) is 6.52. The van der Waals surface area contributed by atoms with Crippen molar-refractivity contribution in [2.24, 2.45) is 17.6 Å². The van der Waals surface area contributed by atoms with Gasteiger partial charge >= 0.3 is 0 Å². The monoisotopic (exact) mass is 431 g/mol. The van der Waals surface area contributed by atoms with Gasteiger partial charge in [-0.1, -0.05) is 41.4 Å². The number of hydrogen-bond acceptors (Lipinski definition) is 3. The second-order valence-electron chi connectivity index (χ2n) is 7.87. The number of nitrogens with zero attached hydrogens (tertiary/aromatic N) is 2. The van der Waals surface area contributed by atoms with Crippen LogP contribution in [-0.4, -0.2) is 42.9 Å². The molecule has 2 aromatic rings. The lowest BCUT2D eigenvalue weighted by atomic mass is 10.0. The molecule has 2 aromatic carbocycles. The molecule has 5 nitrogen and oxygen atoms in total. The summed E-state index contributed by atoms with van der Waals surface area (Å²) in [6.07, 6.45) is 1.02. The first-order chi connectivity index (χ1) is 13.9. The molecule has 2 saturated heterocycles. The molecule has 2 amide bonds. The lowest BCUT2D eigenvalue weighted by Crippen LogP contribution is -2.33. The summed E-state index contributed by atoms with van der Waals surface area (Å²) >= 11 is 12.4. The number of carbonyl (C=O) groups is 2. The third kappa shape index (κ3) is 4.21. The van der Waals surface area contributed by atoms with Crippen molar-refractivity contribution in [1.82, 2.24) is 4.90 Å². The maximum absolute atomic E-state index is 12.9. The van der Waals surface area contributed by atoms with Gasteiger partial charge in [0.05, 0.1) is 15.6 Å². The Morgan fingerprint density at radius 1 is 0.966 bits per heavy atom. The van der Waals surface area contributed by atoms with Crippen molar-refractivity contribution in [2.45, 2.75) is 12.8 Å². The normalized spacial score (nSPS) is 20.8. The van der Waals surface area contributed by atoms with Crippen molar-refractivity contribution in [3.8, 4) is 0 Å². The fraction of sp³-hybridized carbons (Fsp3) is 0.364. The highest BCUT2D eigenvalue weighted by atomic mass is 35.5. The first kappa shape index (κ1) is 20.0. The van der Waals surface area contributed by atoms with E-state index < -0.39 is 0 Å². The highest BCUT2D eigenvalue weighted by Gasteiger charge is 2.42. The molecular formula is C22H23Cl2N3O2. The Balaban J connectivity index is 1.41. The van der Waals surface area contributed by atoms with Gasteiger partial charge in [0.2, 0.25) is 5.91 Å². The lowest BCUT2D eigenvalue weighted by Gasteiger charge is -2.24. The van der Waals surface area contributed by atoms with Crippen molar-refractivity contribution < 1.29 is 9.59 Å². The molecule has 0 aliphatic carbocycles. The van der Waals surface area contributed by atoms with Gasteiger partial charge in [0, 0.05) is 50.1 Å². The summed E-state index contributed by atoms with van der Waals surface area (Å²) < 4.78 is 0. The number of fused-ring (bicyclic) bond motifs is 1. The summed E-state index contributed by atoms with van der Waals surface area (Å²) in [6.45, 7) is 3.24. The molecule has 0 radical (unpaired) electrons. The summed E-state index contributed by atoms with van der Waals surface area (Å²) in [4.78, 5) is 28.2. The Bertz CT molecular complexity index is 915. The van der Waals surface area contributed by atoms with Gasteiger partial charge in [-0.15, -0.1) is 0 Å². The minimum Gasteiger partial charge on any atom is -0.371 e. The Kier molecular flexibility index (Phi) is 5.70. The molecule has 4 rings (SSSR count). The second-order valence-corrected chi connectivity index (χ2v) is 8.68. The van der Waals surface area contributed by atoms with Crippen LogP contribution in [0.25, 0.3) is 0 Å². The Morgan fingerprint density at radius 3 is 2.21 bits per heavy atom. The maximum atomic E-state index is 12.9. The molecule has 2 N–H and O–H groups in total. The molecule has 2 fully saturated rings. The van der Waals surface area contributed by atoms with Crippen LogP contribution in [0.3, 0.4) is 0 Å². The summed E-state index contributed by atoms with van der Waals surface area (Å²) in [5.74, 6) is 0.480. The number of primary amides is 1. The zero-order valence-electron chi connectivity index (χ0n) is 16.0. The minimum atomic E-state index is -0.283. The summed E-state index contributed by atoms with van der Waals surface area (Å²) in [5, 5.41) is 0.794. The van der Waals surface area contributed by atoms with Gasteiger partial charge in [-0.05, 0) is 36.2 Å². The van der Waals surface area contributed by atoms with Crippen LogP contribution in [0.4, 0.5) is 5.69 Å². The van der Waals surface area contributed by atoms with Crippen LogP contribution >= 0.6 is 23.2 Å². The van der Waals surface area contributed by atoms with Crippen LogP contribution in [0.5, 0.6) is 0 Å². The van der Waals surface area contributed by atoms with E-state index in [0.717, 1.165) is 24.3 Å². The van der Waals surface area contributed by atoms with Crippen molar-refractivity contribution in [2.75, 3.05) is 31.1 Å². The average Bonchev–Trinajstić information content (AvgIpc) is 3.25. The van der Waals surface area contributed by atoms with E-state index in [0.29, 0.717) is 53.4 Å². The van der Waals surface area contributed by atoms with Crippen LogP contribution in [0.15, 0.2) is 42.5 Å². The molecule has 0 bridgehead atoms. The van der Waals surface area contributed by atoms with E-state index in [1.54, 1.807) is 18.2 Å². The summed E-state index contributed by atoms with van der Waals surface area (Å²) in [5.41, 5.74) is 7.94. The topological polar surface area (TPSA) is 66.6 Å². The molecule has 0 aromatic heterocycles. The fourth-order valence-corrected chi connectivity index (χ4v) is 4.97. The van der Waals surface area contributed by atoms with E-state index in [4.69, 9.17) is 28.9 Å². The minimum absolute atomic E-state index is 0.0880. The third-order valence-electron chi connectivity index (χ3n) is 5.89. The molecule has 29 heavy (non-hydrogen) atoms. The van der Waals surface area contributed by atoms with Gasteiger partial charge in [-0.3, -0.25) is 9.59 Å². The second kappa shape index (κ2) is 8.25. The molecule has 152 valence electrons. The van der Waals surface area contributed by atoms with Crippen molar-refractivity contribution in [1.29, 1.82) is 0 Å². The van der Waals surface area contributed by atoms with Crippen LogP contribution in [0.2, 0.25) is 10.0 Å². The van der Waals surface area contributed by atoms with Crippen molar-refractivity contribution >= 4 is 40.7 Å². The smallest absolute Gasteiger partial charge is 0.256 e. The number of nitrogens with two attached hydrogens (primary N) is 1. The maximum Gasteiger partial charge on any atom is 0.256 e. The number of carbonyl (C=O) groups excluding carboxylic acids is 2. The number of likely N-dealkylation sites (tertiary alicyclic amines) is 1. The molecule has 2 aliphatic rings. The molecule has 2 aliphatic heterocycles. The van der Waals surface area contributed by atoms with Gasteiger partial charge < -0.3 is 15.5 Å². The number of rotatable bonds is 5. The molecular weight excluding hydrogens is 409 g/mol. The summed E-state index contributed by atoms with van der Waals surface area (Å²) in [7, 11) is 0. The van der Waals surface area contributed by atoms with Crippen LogP contribution < -0.4 is 10.6 Å². The van der Waals surface area contributed by atoms with E-state index in [1.807, 2.05) is 17.0 Å². The molecule has 0 saturated carbocycles. The van der Waals surface area contributed by atoms with Crippen LogP contribution in [-0.2, 0) is 11.2 Å². The predicted octanol–water partition coefficient (Wildman–Crippen LogP) is 3.62. The molecule has 2 unspecified atom stereocenters. The van der Waals surface area contributed by atoms with Gasteiger partial charge in [0.1, 0.15) is 0 Å². The number of anilines is 1. The lowest BCUT2D eigenvalue weighted by molar-refractivity contribution is -0.117. The number of aryl methyl sites for hydroxylation is 1. The van der Waals surface area contributed by atoms with E-state index in [-0.39, 0.29) is 11.8 Å². The van der Waals surface area contributed by atoms with Crippen LogP contribution in [0.1, 0.15) is 22.3 Å². The Hall–Kier alpha value is -2.24. The summed E-state index contributed by atoms with van der Waals surface area (Å²) in [6, 6.07) is 13.4. The highest BCUT2D eigenvalue weighted by molar-refractivity contribution is 6.39. The predicted molar refractivity (Wildman–Crippen MR) is 116 cm³/mol. The van der Waals surface area contributed by atoms with Crippen LogP contribution in [0, 0.1) is 11.8 Å². The molecule has 0 spiro atoms. The number of halogens is 2. The fourth-order valence-electron chi connectivity index (χ4n) is 4.41. The van der Waals surface area contributed by atoms with Crippen molar-refractivity contribution in [3.63, 3.8) is 0 Å². The Labute approximate surface area is 180 Å². The van der Waals surface area contributed by atoms with Gasteiger partial charge in [-0.25, -0.2) is 0 Å². The Morgan fingerprint density at radius 2 is 1.59 bits per heavy atom. The number of benzene rings is 2. The van der Waals surface area contributed by atoms with E-state index >= 15 is 0 Å². The molecule has 2 heterocycles. The van der Waals surface area contributed by atoms with E-state index in [9.17, 15) is 9.59 Å². The first-order valence-electron chi connectivity index (χ1n) is 9.78. The average molecular weight is 432 g/mol. The SMILES string of the molecule is NC(=O)CCc1cccc(N2CC3CN(C(=O)c4c(Cl)cccc4Cl)CC3C2)c1. The zero-order valence-corrected chi connectivity index (χ0v) is 17.5. The standard InChI is InChI=1S/C22H23Cl2N3O2/c23-18-5-2-6-19(24)21(18)22(29)27-12-15-10-26(11-16(15)13-27)17-4-1-3-14(9-17)7-8-20(25)28/h1-6,9,15-16H,7-8,10-13H2,(H2,25,28). The zero-order chi connectivity index (χ0) is 20.5. The molecule has 7 heteroatoms. The van der Waals surface area contributed by atoms with Crippen molar-refractivity contribution in [3.05, 3.63) is 63.6 Å². The molecule has 2 atom stereocenters. The number of amides is 2. The van der Waals surface area contributed by atoms with Gasteiger partial charge in [-0.2, -0.15) is 0 Å².